The van der Waals surface area contributed by atoms with E-state index in [9.17, 15) is 0 Å². The predicted octanol–water partition coefficient (Wildman–Crippen LogP) is 6.38. The highest BCUT2D eigenvalue weighted by molar-refractivity contribution is 5.88. The van der Waals surface area contributed by atoms with Crippen molar-refractivity contribution in [2.24, 2.45) is 7.05 Å². The highest BCUT2D eigenvalue weighted by Crippen LogP contribution is 2.29. The Hall–Kier alpha value is -3.71. The van der Waals surface area contributed by atoms with Gasteiger partial charge in [0.25, 0.3) is 0 Å². The number of benzene rings is 1. The molecule has 6 rings (SSSR count). The van der Waals surface area contributed by atoms with Gasteiger partial charge in [-0.3, -0.25) is 9.58 Å². The fraction of sp³-hybridized carbons (Fsp3) is 0.406. The van der Waals surface area contributed by atoms with Crippen LogP contribution < -0.4 is 10.2 Å². The van der Waals surface area contributed by atoms with Gasteiger partial charge in [0.2, 0.25) is 0 Å². The Bertz CT molecular complexity index is 1380. The number of piperidine rings is 2. The minimum absolute atomic E-state index is 0.893. The predicted molar refractivity (Wildman–Crippen MR) is 163 cm³/mol. The van der Waals surface area contributed by atoms with E-state index in [-0.39, 0.29) is 0 Å². The van der Waals surface area contributed by atoms with Gasteiger partial charge in [0, 0.05) is 57.1 Å². The van der Waals surface area contributed by atoms with Gasteiger partial charge in [-0.1, -0.05) is 31.2 Å². The van der Waals surface area contributed by atoms with Crippen LogP contribution in [0.1, 0.15) is 49.8 Å². The molecule has 2 aliphatic heterocycles. The van der Waals surface area contributed by atoms with Crippen LogP contribution in [-0.2, 0) is 13.6 Å². The van der Waals surface area contributed by atoms with Crippen molar-refractivity contribution in [2.45, 2.75) is 45.1 Å². The summed E-state index contributed by atoms with van der Waals surface area (Å²) in [4.78, 5) is 13.7. The third-order valence-corrected chi connectivity index (χ3v) is 7.86. The highest BCUT2D eigenvalue weighted by atomic mass is 15.3. The van der Waals surface area contributed by atoms with E-state index in [2.05, 4.69) is 67.1 Å². The molecule has 7 nitrogen and oxygen atoms in total. The number of hydrogen-bond donors (Lipinski definition) is 1. The molecule has 0 radical (unpaired) electrons. The molecule has 0 atom stereocenters. The standard InChI is InChI=1S/C20H25N5.C12H16N2/c1-21-20-11-17-10-15(6-7-16(17)12-22-20)18-13-23-24(2)19(18)14-25-8-4-3-5-9-25;1-2-11-6-7-13-12(10-11)14-8-4-3-5-9-14/h6-7,10-13H,3-5,8-9,14H2,1-2H3,(H,21,22);2,6-7,10H,1,3-5,8-9H2. The molecule has 39 heavy (non-hydrogen) atoms. The summed E-state index contributed by atoms with van der Waals surface area (Å²) < 4.78 is 2.03. The zero-order chi connectivity index (χ0) is 27.0. The molecule has 0 unspecified atom stereocenters. The summed E-state index contributed by atoms with van der Waals surface area (Å²) in [5.74, 6) is 1.99. The third kappa shape index (κ3) is 6.66. The van der Waals surface area contributed by atoms with Gasteiger partial charge in [0.05, 0.1) is 11.9 Å². The number of anilines is 2. The fourth-order valence-corrected chi connectivity index (χ4v) is 5.52. The molecule has 0 amide bonds. The lowest BCUT2D eigenvalue weighted by atomic mass is 10.0. The minimum Gasteiger partial charge on any atom is -0.373 e. The quantitative estimate of drug-likeness (QED) is 0.317. The second-order valence-corrected chi connectivity index (χ2v) is 10.5. The van der Waals surface area contributed by atoms with Gasteiger partial charge in [-0.2, -0.15) is 5.10 Å². The second kappa shape index (κ2) is 12.9. The van der Waals surface area contributed by atoms with E-state index in [1.54, 1.807) is 0 Å². The van der Waals surface area contributed by atoms with Gasteiger partial charge in [-0.25, -0.2) is 9.97 Å². The Labute approximate surface area is 232 Å². The maximum atomic E-state index is 4.54. The van der Waals surface area contributed by atoms with Crippen molar-refractivity contribution >= 4 is 28.5 Å². The molecule has 0 spiro atoms. The number of hydrogen-bond acceptors (Lipinski definition) is 6. The summed E-state index contributed by atoms with van der Waals surface area (Å²) in [6.07, 6.45) is 15.6. The number of nitrogens with one attached hydrogen (secondary N) is 1. The van der Waals surface area contributed by atoms with Crippen molar-refractivity contribution in [3.63, 3.8) is 0 Å². The Morgan fingerprint density at radius 3 is 2.38 bits per heavy atom. The lowest BCUT2D eigenvalue weighted by Crippen LogP contribution is -2.30. The largest absolute Gasteiger partial charge is 0.373 e. The van der Waals surface area contributed by atoms with Gasteiger partial charge < -0.3 is 10.2 Å². The molecule has 7 heteroatoms. The summed E-state index contributed by atoms with van der Waals surface area (Å²) in [6.45, 7) is 9.43. The lowest BCUT2D eigenvalue weighted by Gasteiger charge is -2.27. The smallest absolute Gasteiger partial charge is 0.129 e. The molecule has 0 bridgehead atoms. The molecule has 1 N–H and O–H groups in total. The molecule has 2 saturated heterocycles. The molecule has 0 aliphatic carbocycles. The zero-order valence-electron chi connectivity index (χ0n) is 23.4. The summed E-state index contributed by atoms with van der Waals surface area (Å²) in [5, 5.41) is 10.0. The zero-order valence-corrected chi connectivity index (χ0v) is 23.4. The van der Waals surface area contributed by atoms with E-state index in [0.717, 1.165) is 42.2 Å². The van der Waals surface area contributed by atoms with Crippen molar-refractivity contribution in [1.82, 2.24) is 24.6 Å². The first-order chi connectivity index (χ1) is 19.1. The van der Waals surface area contributed by atoms with E-state index < -0.39 is 0 Å². The van der Waals surface area contributed by atoms with Gasteiger partial charge in [-0.15, -0.1) is 0 Å². The number of aryl methyl sites for hydroxylation is 1. The molecule has 1 aromatic carbocycles. The van der Waals surface area contributed by atoms with E-state index in [4.69, 9.17) is 0 Å². The minimum atomic E-state index is 0.893. The van der Waals surface area contributed by atoms with Crippen LogP contribution in [-0.4, -0.2) is 57.9 Å². The van der Waals surface area contributed by atoms with Gasteiger partial charge >= 0.3 is 0 Å². The Balaban J connectivity index is 0.000000186. The fourth-order valence-electron chi connectivity index (χ4n) is 5.52. The molecule has 204 valence electrons. The first-order valence-corrected chi connectivity index (χ1v) is 14.3. The lowest BCUT2D eigenvalue weighted by molar-refractivity contribution is 0.216. The van der Waals surface area contributed by atoms with Crippen LogP contribution in [0.4, 0.5) is 11.6 Å². The van der Waals surface area contributed by atoms with Crippen LogP contribution in [0.5, 0.6) is 0 Å². The van der Waals surface area contributed by atoms with Crippen LogP contribution in [0.25, 0.3) is 28.0 Å². The van der Waals surface area contributed by atoms with Gasteiger partial charge in [0.1, 0.15) is 11.6 Å². The van der Waals surface area contributed by atoms with Crippen molar-refractivity contribution in [1.29, 1.82) is 0 Å². The monoisotopic (exact) mass is 523 g/mol. The molecular formula is C32H41N7. The maximum absolute atomic E-state index is 4.54. The Morgan fingerprint density at radius 2 is 1.64 bits per heavy atom. The van der Waals surface area contributed by atoms with Crippen LogP contribution in [0.3, 0.4) is 0 Å². The molecule has 4 aromatic rings. The maximum Gasteiger partial charge on any atom is 0.129 e. The van der Waals surface area contributed by atoms with Gasteiger partial charge in [0.15, 0.2) is 0 Å². The van der Waals surface area contributed by atoms with E-state index in [0.29, 0.717) is 0 Å². The topological polar surface area (TPSA) is 62.1 Å². The van der Waals surface area contributed by atoms with Crippen LogP contribution in [0.15, 0.2) is 61.6 Å². The average Bonchev–Trinajstić information content (AvgIpc) is 3.37. The SMILES string of the molecule is C=Cc1ccnc(N2CCCCC2)c1.CNc1cc2cc(-c3cnn(C)c3CN3CCCCC3)ccc2cn1. The van der Waals surface area contributed by atoms with Crippen LogP contribution in [0.2, 0.25) is 0 Å². The molecule has 3 aromatic heterocycles. The number of rotatable bonds is 6. The molecular weight excluding hydrogens is 482 g/mol. The highest BCUT2D eigenvalue weighted by Gasteiger charge is 2.17. The number of aromatic nitrogens is 4. The summed E-state index contributed by atoms with van der Waals surface area (Å²) in [7, 11) is 3.95. The summed E-state index contributed by atoms with van der Waals surface area (Å²) >= 11 is 0. The summed E-state index contributed by atoms with van der Waals surface area (Å²) in [5.41, 5.74) is 4.91. The van der Waals surface area contributed by atoms with Crippen molar-refractivity contribution in [3.8, 4) is 11.1 Å². The Kier molecular flexibility index (Phi) is 8.89. The number of pyridine rings is 2. The van der Waals surface area contributed by atoms with Crippen molar-refractivity contribution in [3.05, 3.63) is 72.8 Å². The van der Waals surface area contributed by atoms with Crippen molar-refractivity contribution < 1.29 is 0 Å². The van der Waals surface area contributed by atoms with E-state index in [1.807, 2.05) is 49.5 Å². The number of nitrogens with zero attached hydrogens (tertiary/aromatic N) is 6. The normalized spacial score (nSPS) is 16.0. The third-order valence-electron chi connectivity index (χ3n) is 7.86. The number of fused-ring (bicyclic) bond motifs is 1. The molecule has 5 heterocycles. The van der Waals surface area contributed by atoms with E-state index >= 15 is 0 Å². The average molecular weight is 524 g/mol. The van der Waals surface area contributed by atoms with Crippen molar-refractivity contribution in [2.75, 3.05) is 43.4 Å². The van der Waals surface area contributed by atoms with Crippen LogP contribution in [0, 0.1) is 0 Å². The first-order valence-electron chi connectivity index (χ1n) is 14.3. The molecule has 0 saturated carbocycles. The number of likely N-dealkylation sites (tertiary alicyclic amines) is 1. The summed E-state index contributed by atoms with van der Waals surface area (Å²) in [6, 6.07) is 12.8. The van der Waals surface area contributed by atoms with E-state index in [1.165, 1.54) is 73.8 Å². The Morgan fingerprint density at radius 1 is 0.872 bits per heavy atom. The molecule has 2 fully saturated rings. The molecule has 2 aliphatic rings. The first kappa shape index (κ1) is 26.9. The second-order valence-electron chi connectivity index (χ2n) is 10.5. The van der Waals surface area contributed by atoms with Crippen LogP contribution >= 0.6 is 0 Å². The van der Waals surface area contributed by atoms with Gasteiger partial charge in [-0.05, 0) is 86.0 Å².